The molecular formula is C25H27NO3. The topological polar surface area (TPSA) is 42.7 Å². The molecule has 1 aromatic heterocycles. The molecule has 1 aliphatic rings. The summed E-state index contributed by atoms with van der Waals surface area (Å²) in [6.07, 6.45) is 5.73. The Labute approximate surface area is 171 Å². The van der Waals surface area contributed by atoms with Gasteiger partial charge in [0.1, 0.15) is 11.3 Å². The average molecular weight is 389 g/mol. The molecule has 1 aliphatic heterocycles. The zero-order valence-corrected chi connectivity index (χ0v) is 17.3. The Morgan fingerprint density at radius 1 is 1.21 bits per heavy atom. The van der Waals surface area contributed by atoms with Crippen LogP contribution in [0, 0.1) is 6.92 Å². The second-order valence-corrected chi connectivity index (χ2v) is 7.56. The van der Waals surface area contributed by atoms with E-state index in [4.69, 9.17) is 9.15 Å². The Morgan fingerprint density at radius 3 is 2.62 bits per heavy atom. The summed E-state index contributed by atoms with van der Waals surface area (Å²) in [6.45, 7) is 8.22. The molecule has 0 atom stereocenters. The molecule has 1 fully saturated rings. The lowest BCUT2D eigenvalue weighted by molar-refractivity contribution is -0.124. The maximum atomic E-state index is 12.7. The fraction of sp³-hybridized carbons (Fsp3) is 0.320. The molecule has 0 unspecified atom stereocenters. The molecule has 1 amide bonds. The van der Waals surface area contributed by atoms with Crippen LogP contribution in [0.3, 0.4) is 0 Å². The van der Waals surface area contributed by atoms with Gasteiger partial charge >= 0.3 is 0 Å². The summed E-state index contributed by atoms with van der Waals surface area (Å²) in [7, 11) is 0. The normalized spacial score (nSPS) is 14.6. The molecule has 0 aliphatic carbocycles. The molecule has 2 heterocycles. The highest BCUT2D eigenvalue weighted by Gasteiger charge is 2.21. The van der Waals surface area contributed by atoms with E-state index in [0.29, 0.717) is 6.61 Å². The molecule has 0 N–H and O–H groups in total. The van der Waals surface area contributed by atoms with Gasteiger partial charge in [-0.05, 0) is 50.8 Å². The minimum absolute atomic E-state index is 0.0793. The third-order valence-electron chi connectivity index (χ3n) is 5.60. The molecule has 0 saturated carbocycles. The fourth-order valence-corrected chi connectivity index (χ4v) is 4.07. The minimum Gasteiger partial charge on any atom is -0.493 e. The first-order valence-electron chi connectivity index (χ1n) is 10.3. The van der Waals surface area contributed by atoms with Gasteiger partial charge in [0.05, 0.1) is 12.9 Å². The highest BCUT2D eigenvalue weighted by atomic mass is 16.5. The van der Waals surface area contributed by atoms with Crippen LogP contribution in [0.5, 0.6) is 5.75 Å². The van der Waals surface area contributed by atoms with Gasteiger partial charge in [-0.3, -0.25) is 4.79 Å². The number of rotatable bonds is 5. The molecular weight excluding hydrogens is 362 g/mol. The molecule has 0 radical (unpaired) electrons. The summed E-state index contributed by atoms with van der Waals surface area (Å²) in [5.74, 6) is 0.868. The molecule has 4 heteroatoms. The van der Waals surface area contributed by atoms with Gasteiger partial charge < -0.3 is 14.1 Å². The van der Waals surface area contributed by atoms with Crippen molar-refractivity contribution in [3.05, 3.63) is 59.9 Å². The van der Waals surface area contributed by atoms with Crippen LogP contribution >= 0.6 is 0 Å². The molecule has 4 nitrogen and oxygen atoms in total. The van der Waals surface area contributed by atoms with Crippen LogP contribution in [-0.2, 0) is 4.79 Å². The van der Waals surface area contributed by atoms with E-state index in [9.17, 15) is 4.79 Å². The zero-order valence-electron chi connectivity index (χ0n) is 17.3. The molecule has 29 heavy (non-hydrogen) atoms. The van der Waals surface area contributed by atoms with E-state index < -0.39 is 0 Å². The number of fused-ring (bicyclic) bond motifs is 1. The standard InChI is InChI=1S/C25H27NO3/c1-4-28-24-18(3)25-21(22(16-29-25)19-10-6-5-7-11-19)15-20(24)17(2)14-23(27)26-12-8-9-13-26/h5-7,10-11,14-16H,4,8-9,12-13H2,1-3H3/b17-14+. The Bertz CT molecular complexity index is 1060. The van der Waals surface area contributed by atoms with Gasteiger partial charge in [-0.2, -0.15) is 0 Å². The largest absolute Gasteiger partial charge is 0.493 e. The average Bonchev–Trinajstić information content (AvgIpc) is 3.40. The Hall–Kier alpha value is -3.01. The molecule has 0 bridgehead atoms. The highest BCUT2D eigenvalue weighted by Crippen LogP contribution is 2.40. The monoisotopic (exact) mass is 389 g/mol. The third-order valence-corrected chi connectivity index (χ3v) is 5.60. The number of allylic oxidation sites excluding steroid dienone is 1. The molecule has 0 spiro atoms. The van der Waals surface area contributed by atoms with Crippen molar-refractivity contribution in [2.45, 2.75) is 33.6 Å². The van der Waals surface area contributed by atoms with Crippen LogP contribution in [0.15, 0.2) is 53.2 Å². The number of amides is 1. The van der Waals surface area contributed by atoms with Crippen molar-refractivity contribution in [1.29, 1.82) is 0 Å². The van der Waals surface area contributed by atoms with Crippen LogP contribution in [0.1, 0.15) is 37.8 Å². The van der Waals surface area contributed by atoms with Gasteiger partial charge in [-0.1, -0.05) is 30.3 Å². The van der Waals surface area contributed by atoms with Crippen LogP contribution < -0.4 is 4.74 Å². The molecule has 4 rings (SSSR count). The summed E-state index contributed by atoms with van der Waals surface area (Å²) in [5.41, 5.74) is 5.80. The summed E-state index contributed by atoms with van der Waals surface area (Å²) < 4.78 is 11.9. The van der Waals surface area contributed by atoms with Crippen LogP contribution in [0.4, 0.5) is 0 Å². The van der Waals surface area contributed by atoms with Gasteiger partial charge in [-0.15, -0.1) is 0 Å². The number of furan rings is 1. The van der Waals surface area contributed by atoms with E-state index in [1.165, 1.54) is 0 Å². The number of aryl methyl sites for hydroxylation is 1. The number of hydrogen-bond donors (Lipinski definition) is 0. The molecule has 1 saturated heterocycles. The van der Waals surface area contributed by atoms with E-state index >= 15 is 0 Å². The first-order valence-corrected chi connectivity index (χ1v) is 10.3. The van der Waals surface area contributed by atoms with Gasteiger partial charge in [0.2, 0.25) is 5.91 Å². The van der Waals surface area contributed by atoms with E-state index in [0.717, 1.165) is 70.5 Å². The first kappa shape index (κ1) is 19.3. The van der Waals surface area contributed by atoms with E-state index in [1.54, 1.807) is 12.3 Å². The number of likely N-dealkylation sites (tertiary alicyclic amines) is 1. The predicted octanol–water partition coefficient (Wildman–Crippen LogP) is 5.83. The second kappa shape index (κ2) is 8.16. The van der Waals surface area contributed by atoms with Gasteiger partial charge in [0.15, 0.2) is 0 Å². The van der Waals surface area contributed by atoms with Crippen LogP contribution in [0.2, 0.25) is 0 Å². The number of hydrogen-bond acceptors (Lipinski definition) is 3. The SMILES string of the molecule is CCOc1c(/C(C)=C/C(=O)N2CCCC2)cc2c(-c3ccccc3)coc2c1C. The van der Waals surface area contributed by atoms with Crippen molar-refractivity contribution in [2.75, 3.05) is 19.7 Å². The number of ether oxygens (including phenoxy) is 1. The number of carbonyl (C=O) groups is 1. The van der Waals surface area contributed by atoms with Crippen molar-refractivity contribution >= 4 is 22.4 Å². The lowest BCUT2D eigenvalue weighted by atomic mass is 9.96. The van der Waals surface area contributed by atoms with Gasteiger partial charge in [-0.25, -0.2) is 0 Å². The summed E-state index contributed by atoms with van der Waals surface area (Å²) in [5, 5.41) is 1.04. The van der Waals surface area contributed by atoms with Gasteiger partial charge in [0, 0.05) is 41.2 Å². The van der Waals surface area contributed by atoms with Crippen molar-refractivity contribution in [2.24, 2.45) is 0 Å². The quantitative estimate of drug-likeness (QED) is 0.515. The highest BCUT2D eigenvalue weighted by molar-refractivity contribution is 6.01. The zero-order chi connectivity index (χ0) is 20.4. The minimum atomic E-state index is 0.0793. The third kappa shape index (κ3) is 3.67. The van der Waals surface area contributed by atoms with Crippen LogP contribution in [-0.4, -0.2) is 30.5 Å². The van der Waals surface area contributed by atoms with Gasteiger partial charge in [0.25, 0.3) is 0 Å². The van der Waals surface area contributed by atoms with Crippen molar-refractivity contribution in [3.63, 3.8) is 0 Å². The smallest absolute Gasteiger partial charge is 0.246 e. The Balaban J connectivity index is 1.84. The number of benzene rings is 2. The predicted molar refractivity (Wildman–Crippen MR) is 117 cm³/mol. The molecule has 3 aromatic rings. The maximum Gasteiger partial charge on any atom is 0.246 e. The van der Waals surface area contributed by atoms with Crippen molar-refractivity contribution in [1.82, 2.24) is 4.90 Å². The lowest BCUT2D eigenvalue weighted by Gasteiger charge is -2.16. The Kier molecular flexibility index (Phi) is 5.43. The van der Waals surface area contributed by atoms with Crippen molar-refractivity contribution < 1.29 is 13.9 Å². The van der Waals surface area contributed by atoms with E-state index in [-0.39, 0.29) is 5.91 Å². The Morgan fingerprint density at radius 2 is 1.93 bits per heavy atom. The van der Waals surface area contributed by atoms with E-state index in [2.05, 4.69) is 18.2 Å². The van der Waals surface area contributed by atoms with E-state index in [1.807, 2.05) is 43.9 Å². The maximum absolute atomic E-state index is 12.7. The summed E-state index contributed by atoms with van der Waals surface area (Å²) in [6, 6.07) is 12.3. The number of carbonyl (C=O) groups excluding carboxylic acids is 1. The lowest BCUT2D eigenvalue weighted by Crippen LogP contribution is -2.25. The summed E-state index contributed by atoms with van der Waals surface area (Å²) >= 11 is 0. The number of nitrogens with zero attached hydrogens (tertiary/aromatic N) is 1. The fourth-order valence-electron chi connectivity index (χ4n) is 4.07. The molecule has 150 valence electrons. The second-order valence-electron chi connectivity index (χ2n) is 7.56. The molecule has 2 aromatic carbocycles. The van der Waals surface area contributed by atoms with Crippen LogP contribution in [0.25, 0.3) is 27.7 Å². The first-order chi connectivity index (χ1) is 14.1. The summed E-state index contributed by atoms with van der Waals surface area (Å²) in [4.78, 5) is 14.6. The van der Waals surface area contributed by atoms with Crippen molar-refractivity contribution in [3.8, 4) is 16.9 Å².